The van der Waals surface area contributed by atoms with E-state index >= 15 is 0 Å². The van der Waals surface area contributed by atoms with Gasteiger partial charge in [0.05, 0.1) is 11.0 Å². The molecule has 4 heteroatoms. The van der Waals surface area contributed by atoms with Crippen LogP contribution in [0, 0.1) is 0 Å². The highest BCUT2D eigenvalue weighted by atomic mass is 15.1. The van der Waals surface area contributed by atoms with Crippen molar-refractivity contribution in [1.82, 2.24) is 19.9 Å². The summed E-state index contributed by atoms with van der Waals surface area (Å²) in [7, 11) is 4.04. The number of likely N-dealkylation sites (N-methyl/N-ethyl adjacent to an activating group) is 1. The number of nitrogens with one attached hydrogen (secondary N) is 1. The van der Waals surface area contributed by atoms with Crippen molar-refractivity contribution >= 4 is 11.0 Å². The minimum Gasteiger partial charge on any atom is -0.327 e. The minimum atomic E-state index is 0.980. The van der Waals surface area contributed by atoms with E-state index in [1.54, 1.807) is 12.4 Å². The zero-order valence-electron chi connectivity index (χ0n) is 11.8. The third-order valence-corrected chi connectivity index (χ3v) is 3.55. The first kappa shape index (κ1) is 12.8. The lowest BCUT2D eigenvalue weighted by Crippen LogP contribution is -2.10. The van der Waals surface area contributed by atoms with Gasteiger partial charge in [-0.2, -0.15) is 0 Å². The number of hydrogen-bond donors (Lipinski definition) is 1. The van der Waals surface area contributed by atoms with Crippen LogP contribution in [-0.2, 0) is 13.5 Å². The highest BCUT2D eigenvalue weighted by molar-refractivity contribution is 5.81. The van der Waals surface area contributed by atoms with E-state index in [0.717, 1.165) is 29.9 Å². The van der Waals surface area contributed by atoms with Gasteiger partial charge in [0.25, 0.3) is 0 Å². The van der Waals surface area contributed by atoms with Crippen molar-refractivity contribution < 1.29 is 0 Å². The molecule has 20 heavy (non-hydrogen) atoms. The molecule has 3 rings (SSSR count). The van der Waals surface area contributed by atoms with Crippen LogP contribution in [0.1, 0.15) is 5.56 Å². The fourth-order valence-electron chi connectivity index (χ4n) is 2.42. The van der Waals surface area contributed by atoms with Crippen LogP contribution in [0.2, 0.25) is 0 Å². The summed E-state index contributed by atoms with van der Waals surface area (Å²) < 4.78 is 2.15. The zero-order chi connectivity index (χ0) is 13.9. The molecule has 0 aliphatic heterocycles. The molecule has 0 unspecified atom stereocenters. The van der Waals surface area contributed by atoms with Gasteiger partial charge >= 0.3 is 0 Å². The van der Waals surface area contributed by atoms with Gasteiger partial charge in [-0.05, 0) is 49.8 Å². The van der Waals surface area contributed by atoms with Gasteiger partial charge in [0.15, 0.2) is 0 Å². The molecule has 2 heterocycles. The van der Waals surface area contributed by atoms with Gasteiger partial charge < -0.3 is 9.88 Å². The fourth-order valence-corrected chi connectivity index (χ4v) is 2.42. The lowest BCUT2D eigenvalue weighted by atomic mass is 10.1. The van der Waals surface area contributed by atoms with Crippen molar-refractivity contribution in [3.63, 3.8) is 0 Å². The van der Waals surface area contributed by atoms with Crippen LogP contribution in [0.25, 0.3) is 22.4 Å². The Morgan fingerprint density at radius 1 is 1.15 bits per heavy atom. The summed E-state index contributed by atoms with van der Waals surface area (Å²) in [6.07, 6.45) is 4.63. The maximum absolute atomic E-state index is 4.72. The van der Waals surface area contributed by atoms with E-state index in [1.807, 2.05) is 19.2 Å². The first-order chi connectivity index (χ1) is 9.79. The third kappa shape index (κ3) is 2.30. The van der Waals surface area contributed by atoms with Gasteiger partial charge in [0.2, 0.25) is 0 Å². The molecule has 0 amide bonds. The third-order valence-electron chi connectivity index (χ3n) is 3.55. The maximum Gasteiger partial charge on any atom is 0.140 e. The summed E-state index contributed by atoms with van der Waals surface area (Å²) in [5.41, 5.74) is 4.63. The molecule has 0 aliphatic carbocycles. The van der Waals surface area contributed by atoms with Crippen molar-refractivity contribution in [3.05, 3.63) is 48.3 Å². The van der Waals surface area contributed by atoms with Crippen LogP contribution < -0.4 is 5.32 Å². The lowest BCUT2D eigenvalue weighted by Gasteiger charge is -2.03. The standard InChI is InChI=1S/C16H18N4/c1-17-8-5-12-3-4-14-15(11-12)20(2)16(19-14)13-6-9-18-10-7-13/h3-4,6-7,9-11,17H,5,8H2,1-2H3. The molecule has 0 fully saturated rings. The summed E-state index contributed by atoms with van der Waals surface area (Å²) in [6, 6.07) is 10.5. The minimum absolute atomic E-state index is 0.980. The second kappa shape index (κ2) is 5.43. The fraction of sp³-hybridized carbons (Fsp3) is 0.250. The molecular weight excluding hydrogens is 248 g/mol. The summed E-state index contributed by atoms with van der Waals surface area (Å²) in [6.45, 7) is 0.987. The number of hydrogen-bond acceptors (Lipinski definition) is 3. The molecule has 0 spiro atoms. The predicted molar refractivity (Wildman–Crippen MR) is 81.6 cm³/mol. The van der Waals surface area contributed by atoms with E-state index < -0.39 is 0 Å². The monoisotopic (exact) mass is 266 g/mol. The predicted octanol–water partition coefficient (Wildman–Crippen LogP) is 2.40. The number of fused-ring (bicyclic) bond motifs is 1. The lowest BCUT2D eigenvalue weighted by molar-refractivity contribution is 0.792. The van der Waals surface area contributed by atoms with Crippen LogP contribution in [0.4, 0.5) is 0 Å². The summed E-state index contributed by atoms with van der Waals surface area (Å²) in [5, 5.41) is 3.18. The van der Waals surface area contributed by atoms with Crippen molar-refractivity contribution in [3.8, 4) is 11.4 Å². The normalized spacial score (nSPS) is 11.1. The number of nitrogens with zero attached hydrogens (tertiary/aromatic N) is 3. The molecule has 1 aromatic carbocycles. The van der Waals surface area contributed by atoms with E-state index in [9.17, 15) is 0 Å². The topological polar surface area (TPSA) is 42.7 Å². The van der Waals surface area contributed by atoms with Crippen molar-refractivity contribution in [2.75, 3.05) is 13.6 Å². The first-order valence-electron chi connectivity index (χ1n) is 6.80. The molecule has 2 aromatic heterocycles. The van der Waals surface area contributed by atoms with Gasteiger partial charge in [0, 0.05) is 25.0 Å². The first-order valence-corrected chi connectivity index (χ1v) is 6.80. The molecule has 0 bridgehead atoms. The average molecular weight is 266 g/mol. The van der Waals surface area contributed by atoms with Crippen LogP contribution in [0.3, 0.4) is 0 Å². The van der Waals surface area contributed by atoms with Gasteiger partial charge in [-0.1, -0.05) is 6.07 Å². The molecule has 0 atom stereocenters. The van der Waals surface area contributed by atoms with Gasteiger partial charge in [-0.15, -0.1) is 0 Å². The van der Waals surface area contributed by atoms with Crippen LogP contribution in [0.5, 0.6) is 0 Å². The summed E-state index contributed by atoms with van der Waals surface area (Å²) >= 11 is 0. The Balaban J connectivity index is 2.06. The quantitative estimate of drug-likeness (QED) is 0.788. The molecule has 4 nitrogen and oxygen atoms in total. The van der Waals surface area contributed by atoms with Gasteiger partial charge in [-0.25, -0.2) is 4.98 Å². The number of rotatable bonds is 4. The molecule has 0 saturated carbocycles. The summed E-state index contributed by atoms with van der Waals surface area (Å²) in [5.74, 6) is 0.980. The second-order valence-electron chi connectivity index (χ2n) is 4.91. The highest BCUT2D eigenvalue weighted by Crippen LogP contribution is 2.24. The Labute approximate surface area is 118 Å². The average Bonchev–Trinajstić information content (AvgIpc) is 2.83. The van der Waals surface area contributed by atoms with Crippen molar-refractivity contribution in [2.24, 2.45) is 7.05 Å². The highest BCUT2D eigenvalue weighted by Gasteiger charge is 2.09. The van der Waals surface area contributed by atoms with Gasteiger partial charge in [0.1, 0.15) is 5.82 Å². The van der Waals surface area contributed by atoms with Crippen LogP contribution in [-0.4, -0.2) is 28.1 Å². The number of aryl methyl sites for hydroxylation is 1. The largest absolute Gasteiger partial charge is 0.327 e. The zero-order valence-corrected chi connectivity index (χ0v) is 11.8. The molecule has 3 aromatic rings. The van der Waals surface area contributed by atoms with E-state index in [1.165, 1.54) is 11.1 Å². The van der Waals surface area contributed by atoms with E-state index in [0.29, 0.717) is 0 Å². The van der Waals surface area contributed by atoms with Crippen molar-refractivity contribution in [2.45, 2.75) is 6.42 Å². The Hall–Kier alpha value is -2.20. The van der Waals surface area contributed by atoms with E-state index in [-0.39, 0.29) is 0 Å². The molecule has 0 aliphatic rings. The molecule has 1 N–H and O–H groups in total. The van der Waals surface area contributed by atoms with Crippen molar-refractivity contribution in [1.29, 1.82) is 0 Å². The van der Waals surface area contributed by atoms with Crippen LogP contribution >= 0.6 is 0 Å². The molecule has 0 saturated heterocycles. The number of benzene rings is 1. The maximum atomic E-state index is 4.72. The summed E-state index contributed by atoms with van der Waals surface area (Å²) in [4.78, 5) is 8.78. The Morgan fingerprint density at radius 2 is 1.95 bits per heavy atom. The Morgan fingerprint density at radius 3 is 2.70 bits per heavy atom. The number of imidazole rings is 1. The Kier molecular flexibility index (Phi) is 3.48. The number of pyridine rings is 1. The smallest absolute Gasteiger partial charge is 0.140 e. The SMILES string of the molecule is CNCCc1ccc2nc(-c3ccncc3)n(C)c2c1. The van der Waals surface area contributed by atoms with Gasteiger partial charge in [-0.3, -0.25) is 4.98 Å². The van der Waals surface area contributed by atoms with E-state index in [2.05, 4.69) is 40.1 Å². The van der Waals surface area contributed by atoms with Crippen LogP contribution in [0.15, 0.2) is 42.7 Å². The molecular formula is C16H18N4. The Bertz CT molecular complexity index is 716. The molecule has 102 valence electrons. The van der Waals surface area contributed by atoms with E-state index in [4.69, 9.17) is 4.98 Å². The second-order valence-corrected chi connectivity index (χ2v) is 4.91. The molecule has 0 radical (unpaired) electrons. The number of aromatic nitrogens is 3.